The van der Waals surface area contributed by atoms with Crippen LogP contribution in [0.2, 0.25) is 0 Å². The second kappa shape index (κ2) is 7.21. The zero-order valence-corrected chi connectivity index (χ0v) is 12.3. The van der Waals surface area contributed by atoms with E-state index in [1.54, 1.807) is 11.8 Å². The number of hydrogen-bond donors (Lipinski definition) is 3. The second-order valence-corrected chi connectivity index (χ2v) is 4.69. The van der Waals surface area contributed by atoms with E-state index < -0.39 is 12.0 Å². The molecule has 0 bridgehead atoms. The maximum Gasteiger partial charge on any atom is 0.320 e. The van der Waals surface area contributed by atoms with Crippen molar-refractivity contribution in [1.29, 1.82) is 0 Å². The monoisotopic (exact) mass is 280 g/mol. The molecule has 0 aliphatic heterocycles. The van der Waals surface area contributed by atoms with Gasteiger partial charge in [-0.05, 0) is 24.0 Å². The lowest BCUT2D eigenvalue weighted by Crippen LogP contribution is -2.32. The summed E-state index contributed by atoms with van der Waals surface area (Å²) >= 11 is 1.64. The molecule has 19 heavy (non-hydrogen) atoms. The van der Waals surface area contributed by atoms with Crippen LogP contribution in [0.25, 0.3) is 10.9 Å². The Hall–Kier alpha value is -1.46. The van der Waals surface area contributed by atoms with Crippen LogP contribution in [0.3, 0.4) is 0 Å². The van der Waals surface area contributed by atoms with E-state index in [0.29, 0.717) is 6.42 Å². The average Bonchev–Trinajstić information content (AvgIpc) is 2.84. The molecule has 104 valence electrons. The molecular weight excluding hydrogens is 260 g/mol. The van der Waals surface area contributed by atoms with Crippen LogP contribution in [-0.2, 0) is 11.2 Å². The molecule has 4 nitrogen and oxygen atoms in total. The first-order chi connectivity index (χ1) is 9.13. The van der Waals surface area contributed by atoms with E-state index >= 15 is 0 Å². The maximum absolute atomic E-state index is 10.8. The van der Waals surface area contributed by atoms with Crippen molar-refractivity contribution in [1.82, 2.24) is 4.98 Å². The Bertz CT molecular complexity index is 551. The Morgan fingerprint density at radius 3 is 2.74 bits per heavy atom. The highest BCUT2D eigenvalue weighted by molar-refractivity contribution is 7.98. The van der Waals surface area contributed by atoms with Crippen molar-refractivity contribution < 1.29 is 9.90 Å². The van der Waals surface area contributed by atoms with Crippen molar-refractivity contribution in [2.75, 3.05) is 6.26 Å². The van der Waals surface area contributed by atoms with Gasteiger partial charge in [0.25, 0.3) is 0 Å². The molecule has 0 fully saturated rings. The van der Waals surface area contributed by atoms with Gasteiger partial charge in [-0.2, -0.15) is 0 Å². The predicted molar refractivity (Wildman–Crippen MR) is 80.7 cm³/mol. The van der Waals surface area contributed by atoms with E-state index in [1.165, 1.54) is 0 Å². The van der Waals surface area contributed by atoms with Crippen molar-refractivity contribution in [3.05, 3.63) is 30.0 Å². The zero-order valence-electron chi connectivity index (χ0n) is 11.4. The van der Waals surface area contributed by atoms with Crippen LogP contribution in [0.1, 0.15) is 19.4 Å². The fourth-order valence-electron chi connectivity index (χ4n) is 1.87. The minimum absolute atomic E-state index is 0.340. The molecular formula is C14H20N2O2S. The fraction of sp³-hybridized carbons (Fsp3) is 0.357. The summed E-state index contributed by atoms with van der Waals surface area (Å²) < 4.78 is 0. The molecule has 0 radical (unpaired) electrons. The zero-order chi connectivity index (χ0) is 14.4. The minimum Gasteiger partial charge on any atom is -0.480 e. The Morgan fingerprint density at radius 2 is 2.16 bits per heavy atom. The lowest BCUT2D eigenvalue weighted by molar-refractivity contribution is -0.138. The van der Waals surface area contributed by atoms with Gasteiger partial charge in [0, 0.05) is 28.4 Å². The topological polar surface area (TPSA) is 79.1 Å². The summed E-state index contributed by atoms with van der Waals surface area (Å²) in [6, 6.07) is 5.12. The molecule has 0 aliphatic carbocycles. The number of aromatic amines is 1. The molecule has 0 amide bonds. The van der Waals surface area contributed by atoms with Crippen molar-refractivity contribution in [3.63, 3.8) is 0 Å². The number of aliphatic carboxylic acids is 1. The summed E-state index contributed by atoms with van der Waals surface area (Å²) in [4.78, 5) is 15.1. The average molecular weight is 280 g/mol. The van der Waals surface area contributed by atoms with Crippen LogP contribution in [0.15, 0.2) is 29.3 Å². The molecule has 0 saturated heterocycles. The molecule has 1 atom stereocenters. The minimum atomic E-state index is -0.971. The number of rotatable bonds is 4. The SMILES string of the molecule is CC.CSc1cccc2[nH]cc(CC(N)C(=O)O)c12. The molecule has 1 aromatic carbocycles. The van der Waals surface area contributed by atoms with E-state index in [4.69, 9.17) is 10.8 Å². The van der Waals surface area contributed by atoms with E-state index in [1.807, 2.05) is 44.5 Å². The largest absolute Gasteiger partial charge is 0.480 e. The number of aromatic nitrogens is 1. The fourth-order valence-corrected chi connectivity index (χ4v) is 2.53. The van der Waals surface area contributed by atoms with Crippen LogP contribution in [-0.4, -0.2) is 28.4 Å². The van der Waals surface area contributed by atoms with Gasteiger partial charge < -0.3 is 15.8 Å². The summed E-state index contributed by atoms with van der Waals surface area (Å²) in [6.45, 7) is 4.00. The van der Waals surface area contributed by atoms with Gasteiger partial charge in [-0.3, -0.25) is 4.79 Å². The number of H-pyrrole nitrogens is 1. The summed E-state index contributed by atoms with van der Waals surface area (Å²) in [6.07, 6.45) is 4.18. The van der Waals surface area contributed by atoms with Gasteiger partial charge in [0.1, 0.15) is 6.04 Å². The van der Waals surface area contributed by atoms with E-state index in [-0.39, 0.29) is 0 Å². The quantitative estimate of drug-likeness (QED) is 0.752. The van der Waals surface area contributed by atoms with Crippen LogP contribution >= 0.6 is 11.8 Å². The first kappa shape index (κ1) is 15.6. The number of carboxylic acid groups (broad SMARTS) is 1. The number of carboxylic acids is 1. The Kier molecular flexibility index (Phi) is 5.92. The normalized spacial score (nSPS) is 11.8. The summed E-state index contributed by atoms with van der Waals surface area (Å²) in [7, 11) is 0. The third-order valence-electron chi connectivity index (χ3n) is 2.73. The van der Waals surface area contributed by atoms with Gasteiger partial charge in [-0.1, -0.05) is 19.9 Å². The molecule has 4 N–H and O–H groups in total. The maximum atomic E-state index is 10.8. The molecule has 5 heteroatoms. The first-order valence-corrected chi connectivity index (χ1v) is 7.47. The lowest BCUT2D eigenvalue weighted by Gasteiger charge is -2.06. The number of carbonyl (C=O) groups is 1. The van der Waals surface area contributed by atoms with Crippen LogP contribution in [0, 0.1) is 0 Å². The van der Waals surface area contributed by atoms with Crippen molar-refractivity contribution in [2.24, 2.45) is 5.73 Å². The van der Waals surface area contributed by atoms with Gasteiger partial charge in [-0.25, -0.2) is 0 Å². The first-order valence-electron chi connectivity index (χ1n) is 6.25. The summed E-state index contributed by atoms with van der Waals surface area (Å²) in [5.41, 5.74) is 7.55. The van der Waals surface area contributed by atoms with Crippen molar-refractivity contribution in [3.8, 4) is 0 Å². The van der Waals surface area contributed by atoms with Crippen molar-refractivity contribution in [2.45, 2.75) is 31.2 Å². The van der Waals surface area contributed by atoms with Gasteiger partial charge in [0.15, 0.2) is 0 Å². The van der Waals surface area contributed by atoms with Gasteiger partial charge in [-0.15, -0.1) is 11.8 Å². The molecule has 1 heterocycles. The smallest absolute Gasteiger partial charge is 0.320 e. The number of fused-ring (bicyclic) bond motifs is 1. The van der Waals surface area contributed by atoms with Gasteiger partial charge >= 0.3 is 5.97 Å². The molecule has 2 aromatic rings. The standard InChI is InChI=1S/C12H14N2O2S.C2H6/c1-17-10-4-2-3-9-11(10)7(6-14-9)5-8(13)12(15)16;1-2/h2-4,6,8,14H,5,13H2,1H3,(H,15,16);1-2H3. The van der Waals surface area contributed by atoms with Gasteiger partial charge in [0.05, 0.1) is 0 Å². The molecule has 0 aliphatic rings. The third-order valence-corrected chi connectivity index (χ3v) is 3.51. The summed E-state index contributed by atoms with van der Waals surface area (Å²) in [5.74, 6) is -0.971. The van der Waals surface area contributed by atoms with Crippen LogP contribution < -0.4 is 5.73 Å². The number of benzene rings is 1. The molecule has 1 unspecified atom stereocenters. The number of nitrogens with two attached hydrogens (primary N) is 1. The number of thioether (sulfide) groups is 1. The lowest BCUT2D eigenvalue weighted by atomic mass is 10.1. The van der Waals surface area contributed by atoms with E-state index in [0.717, 1.165) is 21.4 Å². The highest BCUT2D eigenvalue weighted by Gasteiger charge is 2.16. The van der Waals surface area contributed by atoms with Crippen LogP contribution in [0.5, 0.6) is 0 Å². The van der Waals surface area contributed by atoms with Crippen LogP contribution in [0.4, 0.5) is 0 Å². The van der Waals surface area contributed by atoms with Gasteiger partial charge in [0.2, 0.25) is 0 Å². The predicted octanol–water partition coefficient (Wildman–Crippen LogP) is 2.87. The van der Waals surface area contributed by atoms with E-state index in [9.17, 15) is 4.79 Å². The molecule has 0 spiro atoms. The van der Waals surface area contributed by atoms with Crippen molar-refractivity contribution >= 4 is 28.6 Å². The summed E-state index contributed by atoms with van der Waals surface area (Å²) in [5, 5.41) is 9.92. The Balaban J connectivity index is 0.000000861. The Morgan fingerprint density at radius 1 is 1.47 bits per heavy atom. The highest BCUT2D eigenvalue weighted by Crippen LogP contribution is 2.29. The number of nitrogens with one attached hydrogen (secondary N) is 1. The molecule has 2 rings (SSSR count). The molecule has 0 saturated carbocycles. The highest BCUT2D eigenvalue weighted by atomic mass is 32.2. The number of hydrogen-bond acceptors (Lipinski definition) is 3. The van der Waals surface area contributed by atoms with E-state index in [2.05, 4.69) is 4.98 Å². The Labute approximate surface area is 117 Å². The third kappa shape index (κ3) is 3.52. The second-order valence-electron chi connectivity index (χ2n) is 3.85. The molecule has 1 aromatic heterocycles.